The number of thioether (sulfide) groups is 1. The predicted octanol–water partition coefficient (Wildman–Crippen LogP) is 5.72. The maximum absolute atomic E-state index is 13.2. The molecule has 2 aromatic carbocycles. The summed E-state index contributed by atoms with van der Waals surface area (Å²) in [6.45, 7) is 7.52. The van der Waals surface area contributed by atoms with Crippen LogP contribution in [0.25, 0.3) is 10.2 Å². The van der Waals surface area contributed by atoms with Crippen molar-refractivity contribution in [3.8, 4) is 5.75 Å². The van der Waals surface area contributed by atoms with Gasteiger partial charge >= 0.3 is 0 Å². The summed E-state index contributed by atoms with van der Waals surface area (Å²) < 4.78 is 19.4. The minimum absolute atomic E-state index is 0. The number of amides is 1. The summed E-state index contributed by atoms with van der Waals surface area (Å²) in [4.78, 5) is 22.9. The van der Waals surface area contributed by atoms with Gasteiger partial charge in [0, 0.05) is 30.2 Å². The number of hydrogen-bond donors (Lipinski definition) is 0. The number of anilines is 1. The Kier molecular flexibility index (Phi) is 10.7. The van der Waals surface area contributed by atoms with Gasteiger partial charge in [-0.05, 0) is 55.6 Å². The van der Waals surface area contributed by atoms with Crippen LogP contribution in [0.3, 0.4) is 0 Å². The van der Waals surface area contributed by atoms with Gasteiger partial charge in [0.15, 0.2) is 5.13 Å². The lowest BCUT2D eigenvalue weighted by molar-refractivity contribution is -0.118. The molecule has 174 valence electrons. The van der Waals surface area contributed by atoms with Crippen LogP contribution in [0, 0.1) is 5.82 Å². The molecule has 1 amide bonds. The molecule has 0 radical (unpaired) electrons. The van der Waals surface area contributed by atoms with E-state index in [4.69, 9.17) is 9.72 Å². The van der Waals surface area contributed by atoms with Crippen LogP contribution in [-0.2, 0) is 4.79 Å². The fraction of sp³-hybridized carbons (Fsp3) is 0.391. The van der Waals surface area contributed by atoms with Crippen LogP contribution in [0.2, 0.25) is 0 Å². The monoisotopic (exact) mass is 497 g/mol. The molecule has 0 saturated carbocycles. The Labute approximate surface area is 203 Å². The van der Waals surface area contributed by atoms with E-state index in [0.717, 1.165) is 40.5 Å². The van der Waals surface area contributed by atoms with E-state index < -0.39 is 0 Å². The van der Waals surface area contributed by atoms with Crippen LogP contribution in [-0.4, -0.2) is 54.8 Å². The number of ether oxygens (including phenoxy) is 1. The molecule has 5 nitrogen and oxygen atoms in total. The number of thiazole rings is 1. The molecule has 32 heavy (non-hydrogen) atoms. The van der Waals surface area contributed by atoms with E-state index in [0.29, 0.717) is 23.8 Å². The van der Waals surface area contributed by atoms with Crippen molar-refractivity contribution in [2.24, 2.45) is 0 Å². The van der Waals surface area contributed by atoms with E-state index in [1.165, 1.54) is 23.5 Å². The Bertz CT molecular complexity index is 997. The molecule has 0 bridgehead atoms. The molecule has 0 saturated heterocycles. The number of methoxy groups -OCH3 is 1. The van der Waals surface area contributed by atoms with Crippen LogP contribution in [0.15, 0.2) is 47.4 Å². The van der Waals surface area contributed by atoms with Crippen molar-refractivity contribution in [3.05, 3.63) is 48.3 Å². The molecule has 3 rings (SSSR count). The van der Waals surface area contributed by atoms with Gasteiger partial charge in [0.25, 0.3) is 0 Å². The van der Waals surface area contributed by atoms with E-state index >= 15 is 0 Å². The second kappa shape index (κ2) is 13.0. The van der Waals surface area contributed by atoms with E-state index in [1.54, 1.807) is 35.9 Å². The highest BCUT2D eigenvalue weighted by molar-refractivity contribution is 7.99. The van der Waals surface area contributed by atoms with Gasteiger partial charge in [-0.15, -0.1) is 24.2 Å². The zero-order valence-corrected chi connectivity index (χ0v) is 21.0. The van der Waals surface area contributed by atoms with Crippen LogP contribution in [0.4, 0.5) is 9.52 Å². The highest BCUT2D eigenvalue weighted by Gasteiger charge is 2.20. The van der Waals surface area contributed by atoms with E-state index in [2.05, 4.69) is 18.7 Å². The van der Waals surface area contributed by atoms with Crippen LogP contribution < -0.4 is 9.64 Å². The number of carbonyl (C=O) groups excluding carboxylic acids is 1. The van der Waals surface area contributed by atoms with Gasteiger partial charge in [0.05, 0.1) is 17.3 Å². The van der Waals surface area contributed by atoms with Gasteiger partial charge in [0.1, 0.15) is 11.6 Å². The molecule has 9 heteroatoms. The summed E-state index contributed by atoms with van der Waals surface area (Å²) >= 11 is 3.06. The Morgan fingerprint density at radius 1 is 1.12 bits per heavy atom. The minimum Gasteiger partial charge on any atom is -0.497 e. The molecule has 0 atom stereocenters. The smallest absolute Gasteiger partial charge is 0.229 e. The molecule has 0 fully saturated rings. The number of fused-ring (bicyclic) bond motifs is 1. The van der Waals surface area contributed by atoms with Crippen LogP contribution >= 0.6 is 35.5 Å². The van der Waals surface area contributed by atoms with E-state index in [1.807, 2.05) is 18.2 Å². The Hall–Kier alpha value is -1.87. The van der Waals surface area contributed by atoms with Gasteiger partial charge in [-0.3, -0.25) is 9.69 Å². The fourth-order valence-electron chi connectivity index (χ4n) is 3.17. The standard InChI is InChI=1S/C23H28FN3O2S2.ClH/c1-4-26(5-2)13-14-27(22(28)12-15-30-19-9-6-17(24)7-10-19)23-25-20-11-8-18(29-3)16-21(20)31-23;/h6-11,16H,4-5,12-15H2,1-3H3;1H. The van der Waals surface area contributed by atoms with Gasteiger partial charge in [-0.25, -0.2) is 9.37 Å². The van der Waals surface area contributed by atoms with Crippen molar-refractivity contribution in [1.29, 1.82) is 0 Å². The zero-order valence-electron chi connectivity index (χ0n) is 18.5. The molecule has 0 spiro atoms. The summed E-state index contributed by atoms with van der Waals surface area (Å²) in [6, 6.07) is 12.1. The van der Waals surface area contributed by atoms with Crippen molar-refractivity contribution < 1.29 is 13.9 Å². The summed E-state index contributed by atoms with van der Waals surface area (Å²) in [7, 11) is 1.64. The topological polar surface area (TPSA) is 45.7 Å². The third-order valence-corrected chi connectivity index (χ3v) is 7.10. The van der Waals surface area contributed by atoms with Gasteiger partial charge < -0.3 is 9.64 Å². The maximum atomic E-state index is 13.2. The molecule has 0 unspecified atom stereocenters. The largest absolute Gasteiger partial charge is 0.497 e. The first-order valence-corrected chi connectivity index (χ1v) is 12.2. The number of rotatable bonds is 11. The second-order valence-corrected chi connectivity index (χ2v) is 9.13. The number of benzene rings is 2. The first kappa shape index (κ1) is 26.4. The summed E-state index contributed by atoms with van der Waals surface area (Å²) in [6.07, 6.45) is 0.388. The molecule has 0 aliphatic carbocycles. The van der Waals surface area contributed by atoms with Gasteiger partial charge in [0.2, 0.25) is 5.91 Å². The van der Waals surface area contributed by atoms with Crippen molar-refractivity contribution in [3.63, 3.8) is 0 Å². The lowest BCUT2D eigenvalue weighted by Crippen LogP contribution is -2.39. The van der Waals surface area contributed by atoms with Gasteiger partial charge in [-0.1, -0.05) is 25.2 Å². The maximum Gasteiger partial charge on any atom is 0.229 e. The summed E-state index contributed by atoms with van der Waals surface area (Å²) in [5.74, 6) is 1.20. The van der Waals surface area contributed by atoms with Crippen LogP contribution in [0.1, 0.15) is 20.3 Å². The molecule has 0 N–H and O–H groups in total. The van der Waals surface area contributed by atoms with Crippen molar-refractivity contribution in [1.82, 2.24) is 9.88 Å². The lowest BCUT2D eigenvalue weighted by Gasteiger charge is -2.24. The van der Waals surface area contributed by atoms with Crippen molar-refractivity contribution in [2.45, 2.75) is 25.2 Å². The second-order valence-electron chi connectivity index (χ2n) is 6.95. The normalized spacial score (nSPS) is 10.9. The van der Waals surface area contributed by atoms with Crippen molar-refractivity contribution >= 4 is 56.8 Å². The molecule has 1 heterocycles. The van der Waals surface area contributed by atoms with Crippen LogP contribution in [0.5, 0.6) is 5.75 Å². The number of halogens is 2. The first-order chi connectivity index (χ1) is 15.0. The average molecular weight is 498 g/mol. The third kappa shape index (κ3) is 7.07. The molecular formula is C23H29ClFN3O2S2. The number of hydrogen-bond acceptors (Lipinski definition) is 6. The zero-order chi connectivity index (χ0) is 22.2. The number of aromatic nitrogens is 1. The van der Waals surface area contributed by atoms with E-state index in [-0.39, 0.29) is 24.1 Å². The molecule has 0 aliphatic heterocycles. The molecule has 3 aromatic rings. The SMILES string of the molecule is CCN(CC)CCN(C(=O)CCSc1ccc(F)cc1)c1nc2ccc(OC)cc2s1.Cl. The van der Waals surface area contributed by atoms with Gasteiger partial charge in [-0.2, -0.15) is 0 Å². The average Bonchev–Trinajstić information content (AvgIpc) is 3.20. The Balaban J connectivity index is 0.00000363. The Morgan fingerprint density at radius 3 is 2.50 bits per heavy atom. The number of nitrogens with zero attached hydrogens (tertiary/aromatic N) is 3. The lowest BCUT2D eigenvalue weighted by atomic mass is 10.3. The molecule has 1 aromatic heterocycles. The summed E-state index contributed by atoms with van der Waals surface area (Å²) in [5.41, 5.74) is 0.863. The Morgan fingerprint density at radius 2 is 1.84 bits per heavy atom. The third-order valence-electron chi connectivity index (χ3n) is 5.05. The quantitative estimate of drug-likeness (QED) is 0.317. The fourth-order valence-corrected chi connectivity index (χ4v) is 5.04. The highest BCUT2D eigenvalue weighted by Crippen LogP contribution is 2.32. The molecular weight excluding hydrogens is 469 g/mol. The van der Waals surface area contributed by atoms with E-state index in [9.17, 15) is 9.18 Å². The minimum atomic E-state index is -0.254. The number of likely N-dealkylation sites (N-methyl/N-ethyl adjacent to an activating group) is 1. The highest BCUT2D eigenvalue weighted by atomic mass is 35.5. The molecule has 0 aliphatic rings. The summed E-state index contributed by atoms with van der Waals surface area (Å²) in [5, 5.41) is 0.715. The van der Waals surface area contributed by atoms with Crippen molar-refractivity contribution in [2.75, 3.05) is 43.9 Å². The number of carbonyl (C=O) groups is 1. The first-order valence-electron chi connectivity index (χ1n) is 10.4. The predicted molar refractivity (Wildman–Crippen MR) is 135 cm³/mol.